The molecule has 1 saturated heterocycles. The van der Waals surface area contributed by atoms with Gasteiger partial charge in [0.1, 0.15) is 0 Å². The molecule has 1 atom stereocenters. The van der Waals surface area contributed by atoms with Crippen molar-refractivity contribution in [3.8, 4) is 11.1 Å². The first-order valence-electron chi connectivity index (χ1n) is 10.3. The largest absolute Gasteiger partial charge is 0.378 e. The van der Waals surface area contributed by atoms with Gasteiger partial charge in [0.2, 0.25) is 0 Å². The van der Waals surface area contributed by atoms with E-state index in [1.165, 1.54) is 10.5 Å². The molecule has 0 radical (unpaired) electrons. The van der Waals surface area contributed by atoms with E-state index in [1.54, 1.807) is 11.3 Å². The van der Waals surface area contributed by atoms with Crippen LogP contribution in [0.3, 0.4) is 0 Å². The predicted molar refractivity (Wildman–Crippen MR) is 125 cm³/mol. The average Bonchev–Trinajstić information content (AvgIpc) is 3.26. The third kappa shape index (κ3) is 4.00. The second-order valence-corrected chi connectivity index (χ2v) is 9.66. The second kappa shape index (κ2) is 8.84. The Labute approximate surface area is 185 Å². The van der Waals surface area contributed by atoms with E-state index >= 15 is 0 Å². The molecule has 6 heteroatoms. The number of fused-ring (bicyclic) bond motifs is 1. The first-order chi connectivity index (χ1) is 14.8. The highest BCUT2D eigenvalue weighted by Crippen LogP contribution is 2.40. The molecule has 0 aliphatic carbocycles. The van der Waals surface area contributed by atoms with Crippen LogP contribution in [0.25, 0.3) is 11.1 Å². The standard InChI is InChI=1S/C24H24N2O2S2/c27-23(25-20-10-15-29-21-9-5-4-8-18(20)21)22-16-19(17-6-2-1-3-7-17)24(30-22)26-11-13-28-14-12-26/h1-9,16,20H,10-15H2,(H,25,27)/t20-/m0/s1. The van der Waals surface area contributed by atoms with Crippen LogP contribution >= 0.6 is 23.1 Å². The minimum absolute atomic E-state index is 0.0170. The molecule has 5 rings (SSSR count). The van der Waals surface area contributed by atoms with Crippen LogP contribution in [0, 0.1) is 0 Å². The molecular weight excluding hydrogens is 412 g/mol. The molecule has 3 heterocycles. The molecule has 2 aliphatic heterocycles. The fraction of sp³-hybridized carbons (Fsp3) is 0.292. The Balaban J connectivity index is 1.44. The Morgan fingerprint density at radius 3 is 2.63 bits per heavy atom. The molecule has 1 aromatic heterocycles. The van der Waals surface area contributed by atoms with Crippen molar-refractivity contribution in [2.24, 2.45) is 0 Å². The lowest BCUT2D eigenvalue weighted by molar-refractivity contribution is 0.0939. The van der Waals surface area contributed by atoms with Gasteiger partial charge in [0.15, 0.2) is 0 Å². The van der Waals surface area contributed by atoms with Gasteiger partial charge in [-0.05, 0) is 29.7 Å². The first-order valence-corrected chi connectivity index (χ1v) is 12.1. The third-order valence-electron chi connectivity index (χ3n) is 5.58. The molecule has 3 aromatic rings. The number of thioether (sulfide) groups is 1. The molecule has 30 heavy (non-hydrogen) atoms. The molecule has 0 unspecified atom stereocenters. The summed E-state index contributed by atoms with van der Waals surface area (Å²) in [6.45, 7) is 3.16. The fourth-order valence-electron chi connectivity index (χ4n) is 4.04. The van der Waals surface area contributed by atoms with Gasteiger partial charge in [0.25, 0.3) is 5.91 Å². The highest BCUT2D eigenvalue weighted by Gasteiger charge is 2.25. The van der Waals surface area contributed by atoms with E-state index in [4.69, 9.17) is 4.74 Å². The number of morpholine rings is 1. The highest BCUT2D eigenvalue weighted by atomic mass is 32.2. The highest BCUT2D eigenvalue weighted by molar-refractivity contribution is 7.99. The lowest BCUT2D eigenvalue weighted by atomic mass is 10.0. The summed E-state index contributed by atoms with van der Waals surface area (Å²) >= 11 is 3.46. The zero-order valence-corrected chi connectivity index (χ0v) is 18.3. The van der Waals surface area contributed by atoms with Gasteiger partial charge < -0.3 is 15.0 Å². The molecular formula is C24H24N2O2S2. The Morgan fingerprint density at radius 1 is 1.03 bits per heavy atom. The fourth-order valence-corrected chi connectivity index (χ4v) is 6.30. The lowest BCUT2D eigenvalue weighted by Gasteiger charge is -2.28. The van der Waals surface area contributed by atoms with Gasteiger partial charge in [0.05, 0.1) is 29.1 Å². The number of anilines is 1. The number of thiophene rings is 1. The summed E-state index contributed by atoms with van der Waals surface area (Å²) in [5, 5.41) is 4.46. The topological polar surface area (TPSA) is 41.6 Å². The summed E-state index contributed by atoms with van der Waals surface area (Å²) in [6, 6.07) is 20.9. The Kier molecular flexibility index (Phi) is 5.79. The molecule has 154 valence electrons. The van der Waals surface area contributed by atoms with Crippen molar-refractivity contribution in [1.29, 1.82) is 0 Å². The number of hydrogen-bond donors (Lipinski definition) is 1. The number of ether oxygens (including phenoxy) is 1. The number of carbonyl (C=O) groups excluding carboxylic acids is 1. The molecule has 1 amide bonds. The minimum Gasteiger partial charge on any atom is -0.378 e. The van der Waals surface area contributed by atoms with Gasteiger partial charge in [-0.15, -0.1) is 23.1 Å². The monoisotopic (exact) mass is 436 g/mol. The summed E-state index contributed by atoms with van der Waals surface area (Å²) in [5.41, 5.74) is 3.51. The minimum atomic E-state index is 0.0170. The number of nitrogens with one attached hydrogen (secondary N) is 1. The van der Waals surface area contributed by atoms with Crippen molar-refractivity contribution in [3.05, 3.63) is 71.1 Å². The van der Waals surface area contributed by atoms with E-state index in [9.17, 15) is 4.79 Å². The van der Waals surface area contributed by atoms with E-state index in [1.807, 2.05) is 30.0 Å². The van der Waals surface area contributed by atoms with Crippen molar-refractivity contribution < 1.29 is 9.53 Å². The maximum absolute atomic E-state index is 13.3. The number of carbonyl (C=O) groups is 1. The first kappa shape index (κ1) is 19.7. The van der Waals surface area contributed by atoms with E-state index in [2.05, 4.69) is 52.7 Å². The van der Waals surface area contributed by atoms with Crippen molar-refractivity contribution in [3.63, 3.8) is 0 Å². The van der Waals surface area contributed by atoms with Gasteiger partial charge in [-0.1, -0.05) is 48.5 Å². The molecule has 4 nitrogen and oxygen atoms in total. The summed E-state index contributed by atoms with van der Waals surface area (Å²) in [6.07, 6.45) is 0.959. The second-order valence-electron chi connectivity index (χ2n) is 7.50. The summed E-state index contributed by atoms with van der Waals surface area (Å²) in [5.74, 6) is 1.05. The Hall–Kier alpha value is -2.28. The number of nitrogens with zero attached hydrogens (tertiary/aromatic N) is 1. The zero-order chi connectivity index (χ0) is 20.3. The SMILES string of the molecule is O=C(N[C@H]1CCSc2ccccc21)c1cc(-c2ccccc2)c(N2CCOCC2)s1. The van der Waals surface area contributed by atoms with Gasteiger partial charge >= 0.3 is 0 Å². The zero-order valence-electron chi connectivity index (χ0n) is 16.7. The number of benzene rings is 2. The smallest absolute Gasteiger partial charge is 0.261 e. The van der Waals surface area contributed by atoms with Crippen LogP contribution in [-0.2, 0) is 4.74 Å². The van der Waals surface area contributed by atoms with Gasteiger partial charge in [-0.25, -0.2) is 0 Å². The van der Waals surface area contributed by atoms with Crippen LogP contribution in [0.1, 0.15) is 27.7 Å². The van der Waals surface area contributed by atoms with Crippen molar-refractivity contribution in [1.82, 2.24) is 5.32 Å². The normalized spacial score (nSPS) is 18.7. The van der Waals surface area contributed by atoms with Crippen molar-refractivity contribution >= 4 is 34.0 Å². The van der Waals surface area contributed by atoms with Crippen LogP contribution in [0.4, 0.5) is 5.00 Å². The van der Waals surface area contributed by atoms with E-state index < -0.39 is 0 Å². The van der Waals surface area contributed by atoms with Crippen LogP contribution in [0.5, 0.6) is 0 Å². The average molecular weight is 437 g/mol. The number of rotatable bonds is 4. The van der Waals surface area contributed by atoms with E-state index in [0.717, 1.165) is 59.5 Å². The molecule has 0 spiro atoms. The number of amides is 1. The van der Waals surface area contributed by atoms with Gasteiger partial charge in [0, 0.05) is 29.3 Å². The van der Waals surface area contributed by atoms with E-state index in [-0.39, 0.29) is 11.9 Å². The lowest BCUT2D eigenvalue weighted by Crippen LogP contribution is -2.35. The van der Waals surface area contributed by atoms with E-state index in [0.29, 0.717) is 0 Å². The van der Waals surface area contributed by atoms with Crippen molar-refractivity contribution in [2.75, 3.05) is 37.0 Å². The molecule has 2 aromatic carbocycles. The quantitative estimate of drug-likeness (QED) is 0.609. The predicted octanol–water partition coefficient (Wildman–Crippen LogP) is 5.22. The van der Waals surface area contributed by atoms with Gasteiger partial charge in [-0.2, -0.15) is 0 Å². The molecule has 2 aliphatic rings. The summed E-state index contributed by atoms with van der Waals surface area (Å²) < 4.78 is 5.54. The molecule has 0 saturated carbocycles. The van der Waals surface area contributed by atoms with Gasteiger partial charge in [-0.3, -0.25) is 4.79 Å². The molecule has 1 N–H and O–H groups in total. The summed E-state index contributed by atoms with van der Waals surface area (Å²) in [4.78, 5) is 17.6. The molecule has 1 fully saturated rings. The van der Waals surface area contributed by atoms with Crippen LogP contribution < -0.4 is 10.2 Å². The van der Waals surface area contributed by atoms with Crippen LogP contribution in [0.2, 0.25) is 0 Å². The Bertz CT molecular complexity index is 1030. The Morgan fingerprint density at radius 2 is 1.80 bits per heavy atom. The third-order valence-corrected chi connectivity index (χ3v) is 7.90. The van der Waals surface area contributed by atoms with Crippen LogP contribution in [-0.4, -0.2) is 38.0 Å². The maximum atomic E-state index is 13.3. The molecule has 0 bridgehead atoms. The van der Waals surface area contributed by atoms with Crippen molar-refractivity contribution in [2.45, 2.75) is 17.4 Å². The number of hydrogen-bond acceptors (Lipinski definition) is 5. The summed E-state index contributed by atoms with van der Waals surface area (Å²) in [7, 11) is 0. The van der Waals surface area contributed by atoms with Crippen LogP contribution in [0.15, 0.2) is 65.6 Å². The maximum Gasteiger partial charge on any atom is 0.261 e.